The summed E-state index contributed by atoms with van der Waals surface area (Å²) in [5.41, 5.74) is 0. The number of carbonyl (C=O) groups excluding carboxylic acids is 1. The van der Waals surface area contributed by atoms with Gasteiger partial charge in [-0.05, 0) is 60.2 Å². The molecule has 0 aromatic carbocycles. The lowest BCUT2D eigenvalue weighted by molar-refractivity contribution is -0.120. The Morgan fingerprint density at radius 1 is 1.22 bits per heavy atom. The van der Waals surface area contributed by atoms with Crippen molar-refractivity contribution in [2.75, 3.05) is 26.7 Å². The fourth-order valence-electron chi connectivity index (χ4n) is 1.50. The molecule has 0 fully saturated rings. The van der Waals surface area contributed by atoms with Gasteiger partial charge in [0, 0.05) is 12.1 Å². The third-order valence-electron chi connectivity index (χ3n) is 3.30. The van der Waals surface area contributed by atoms with Crippen LogP contribution in [-0.2, 0) is 4.79 Å². The first-order valence-electron chi connectivity index (χ1n) is 7.17. The Kier molecular flexibility index (Phi) is 9.98. The van der Waals surface area contributed by atoms with Gasteiger partial charge in [0.1, 0.15) is 0 Å². The van der Waals surface area contributed by atoms with Crippen molar-refractivity contribution in [3.05, 3.63) is 0 Å². The molecule has 0 saturated heterocycles. The van der Waals surface area contributed by atoms with Crippen LogP contribution in [0.3, 0.4) is 0 Å². The van der Waals surface area contributed by atoms with Crippen molar-refractivity contribution in [2.45, 2.75) is 59.0 Å². The molecule has 4 heteroatoms. The molecule has 0 aliphatic rings. The zero-order valence-corrected chi connectivity index (χ0v) is 12.8. The summed E-state index contributed by atoms with van der Waals surface area (Å²) in [7, 11) is 2.15. The fourth-order valence-corrected chi connectivity index (χ4v) is 1.50. The molecule has 0 bridgehead atoms. The maximum atomic E-state index is 11.5. The maximum absolute atomic E-state index is 11.5. The van der Waals surface area contributed by atoms with Crippen molar-refractivity contribution in [3.63, 3.8) is 0 Å². The SMILES string of the molecule is CCC(C)NC(=O)CNCCCCN(C)C(C)C. The lowest BCUT2D eigenvalue weighted by atomic mass is 10.2. The van der Waals surface area contributed by atoms with Crippen LogP contribution in [0.2, 0.25) is 0 Å². The van der Waals surface area contributed by atoms with Crippen LogP contribution in [0, 0.1) is 0 Å². The van der Waals surface area contributed by atoms with E-state index >= 15 is 0 Å². The minimum Gasteiger partial charge on any atom is -0.353 e. The van der Waals surface area contributed by atoms with Gasteiger partial charge < -0.3 is 15.5 Å². The van der Waals surface area contributed by atoms with E-state index in [4.69, 9.17) is 0 Å². The Labute approximate surface area is 113 Å². The fraction of sp³-hybridized carbons (Fsp3) is 0.929. The number of nitrogens with zero attached hydrogens (tertiary/aromatic N) is 1. The molecule has 0 heterocycles. The van der Waals surface area contributed by atoms with E-state index in [1.54, 1.807) is 0 Å². The average Bonchev–Trinajstić information content (AvgIpc) is 2.32. The predicted molar refractivity (Wildman–Crippen MR) is 77.8 cm³/mol. The quantitative estimate of drug-likeness (QED) is 0.584. The number of amides is 1. The predicted octanol–water partition coefficient (Wildman–Crippen LogP) is 1.61. The molecule has 0 saturated carbocycles. The van der Waals surface area contributed by atoms with Gasteiger partial charge >= 0.3 is 0 Å². The Morgan fingerprint density at radius 2 is 1.89 bits per heavy atom. The number of carbonyl (C=O) groups is 1. The van der Waals surface area contributed by atoms with E-state index < -0.39 is 0 Å². The Balaban J connectivity index is 3.38. The van der Waals surface area contributed by atoms with Crippen LogP contribution in [0.5, 0.6) is 0 Å². The highest BCUT2D eigenvalue weighted by molar-refractivity contribution is 5.78. The van der Waals surface area contributed by atoms with Gasteiger partial charge in [-0.15, -0.1) is 0 Å². The minimum atomic E-state index is 0.101. The van der Waals surface area contributed by atoms with Gasteiger partial charge in [0.05, 0.1) is 6.54 Å². The van der Waals surface area contributed by atoms with Crippen LogP contribution in [0.15, 0.2) is 0 Å². The van der Waals surface area contributed by atoms with Gasteiger partial charge in [-0.3, -0.25) is 4.79 Å². The van der Waals surface area contributed by atoms with Crippen molar-refractivity contribution in [2.24, 2.45) is 0 Å². The highest BCUT2D eigenvalue weighted by Crippen LogP contribution is 1.97. The van der Waals surface area contributed by atoms with Crippen LogP contribution in [0.4, 0.5) is 0 Å². The van der Waals surface area contributed by atoms with Crippen LogP contribution in [-0.4, -0.2) is 49.6 Å². The van der Waals surface area contributed by atoms with Crippen LogP contribution in [0.1, 0.15) is 47.0 Å². The molecule has 18 heavy (non-hydrogen) atoms. The first-order valence-corrected chi connectivity index (χ1v) is 7.17. The van der Waals surface area contributed by atoms with Gasteiger partial charge in [0.25, 0.3) is 0 Å². The summed E-state index contributed by atoms with van der Waals surface area (Å²) < 4.78 is 0. The summed E-state index contributed by atoms with van der Waals surface area (Å²) >= 11 is 0. The minimum absolute atomic E-state index is 0.101. The van der Waals surface area contributed by atoms with Gasteiger partial charge in [-0.2, -0.15) is 0 Å². The summed E-state index contributed by atoms with van der Waals surface area (Å²) in [5, 5.41) is 6.13. The molecule has 0 aliphatic heterocycles. The lowest BCUT2D eigenvalue weighted by Gasteiger charge is -2.20. The molecule has 0 aromatic rings. The van der Waals surface area contributed by atoms with Gasteiger partial charge in [-0.1, -0.05) is 6.92 Å². The topological polar surface area (TPSA) is 44.4 Å². The zero-order chi connectivity index (χ0) is 14.0. The van der Waals surface area contributed by atoms with E-state index in [2.05, 4.69) is 43.4 Å². The van der Waals surface area contributed by atoms with Crippen LogP contribution >= 0.6 is 0 Å². The molecule has 0 radical (unpaired) electrons. The van der Waals surface area contributed by atoms with Crippen molar-refractivity contribution in [1.82, 2.24) is 15.5 Å². The summed E-state index contributed by atoms with van der Waals surface area (Å²) in [6.07, 6.45) is 3.27. The van der Waals surface area contributed by atoms with E-state index in [9.17, 15) is 4.79 Å². The molecule has 2 N–H and O–H groups in total. The van der Waals surface area contributed by atoms with Gasteiger partial charge in [-0.25, -0.2) is 0 Å². The Bertz CT molecular complexity index is 219. The maximum Gasteiger partial charge on any atom is 0.234 e. The van der Waals surface area contributed by atoms with Crippen molar-refractivity contribution >= 4 is 5.91 Å². The Hall–Kier alpha value is -0.610. The monoisotopic (exact) mass is 257 g/mol. The van der Waals surface area contributed by atoms with E-state index in [-0.39, 0.29) is 11.9 Å². The Morgan fingerprint density at radius 3 is 2.44 bits per heavy atom. The summed E-state index contributed by atoms with van der Waals surface area (Å²) in [6, 6.07) is 0.887. The number of hydrogen-bond acceptors (Lipinski definition) is 3. The van der Waals surface area contributed by atoms with E-state index in [1.807, 2.05) is 6.92 Å². The van der Waals surface area contributed by atoms with Crippen molar-refractivity contribution < 1.29 is 4.79 Å². The molecule has 1 amide bonds. The van der Waals surface area contributed by atoms with Crippen LogP contribution in [0.25, 0.3) is 0 Å². The molecular weight excluding hydrogens is 226 g/mol. The normalized spacial score (nSPS) is 13.1. The van der Waals surface area contributed by atoms with Crippen LogP contribution < -0.4 is 10.6 Å². The van der Waals surface area contributed by atoms with Gasteiger partial charge in [0.15, 0.2) is 0 Å². The summed E-state index contributed by atoms with van der Waals surface area (Å²) in [5.74, 6) is 0.101. The number of unbranched alkanes of at least 4 members (excludes halogenated alkanes) is 1. The molecule has 1 atom stereocenters. The summed E-state index contributed by atoms with van der Waals surface area (Å²) in [6.45, 7) is 11.0. The highest BCUT2D eigenvalue weighted by atomic mass is 16.1. The molecule has 0 rings (SSSR count). The van der Waals surface area contributed by atoms with E-state index in [1.165, 1.54) is 6.42 Å². The number of rotatable bonds is 10. The van der Waals surface area contributed by atoms with Crippen molar-refractivity contribution in [3.8, 4) is 0 Å². The molecule has 0 aliphatic carbocycles. The first-order chi connectivity index (χ1) is 8.47. The third kappa shape index (κ3) is 9.42. The standard InChI is InChI=1S/C14H31N3O/c1-6-13(4)16-14(18)11-15-9-7-8-10-17(5)12(2)3/h12-13,15H,6-11H2,1-5H3,(H,16,18). The molecular formula is C14H31N3O. The molecule has 0 aromatic heterocycles. The molecule has 4 nitrogen and oxygen atoms in total. The number of hydrogen-bond donors (Lipinski definition) is 2. The third-order valence-corrected chi connectivity index (χ3v) is 3.30. The zero-order valence-electron chi connectivity index (χ0n) is 12.8. The molecule has 108 valence electrons. The largest absolute Gasteiger partial charge is 0.353 e. The highest BCUT2D eigenvalue weighted by Gasteiger charge is 2.04. The second kappa shape index (κ2) is 10.3. The first kappa shape index (κ1) is 17.4. The summed E-state index contributed by atoms with van der Waals surface area (Å²) in [4.78, 5) is 13.8. The lowest BCUT2D eigenvalue weighted by Crippen LogP contribution is -2.39. The smallest absolute Gasteiger partial charge is 0.234 e. The second-order valence-electron chi connectivity index (χ2n) is 5.34. The van der Waals surface area contributed by atoms with Gasteiger partial charge in [0.2, 0.25) is 5.91 Å². The van der Waals surface area contributed by atoms with E-state index in [0.29, 0.717) is 12.6 Å². The molecule has 1 unspecified atom stereocenters. The number of nitrogens with one attached hydrogen (secondary N) is 2. The van der Waals surface area contributed by atoms with E-state index in [0.717, 1.165) is 25.9 Å². The second-order valence-corrected chi connectivity index (χ2v) is 5.34. The molecule has 0 spiro atoms. The van der Waals surface area contributed by atoms with Crippen molar-refractivity contribution in [1.29, 1.82) is 0 Å². The average molecular weight is 257 g/mol.